The van der Waals surface area contributed by atoms with Crippen LogP contribution in [0, 0.1) is 0 Å². The Bertz CT molecular complexity index is 887. The van der Waals surface area contributed by atoms with Gasteiger partial charge in [0.2, 0.25) is 0 Å². The molecule has 3 N–H and O–H groups in total. The average molecular weight is 421 g/mol. The number of ether oxygens (including phenoxy) is 1. The number of nitrogens with zero attached hydrogens (tertiary/aromatic N) is 2. The van der Waals surface area contributed by atoms with Crippen molar-refractivity contribution in [1.82, 2.24) is 10.9 Å². The number of aliphatic imine (C=N–C) groups is 1. The number of nitrogens with one attached hydrogen (secondary N) is 2. The molecule has 0 bridgehead atoms. The molecule has 2 saturated heterocycles. The first-order chi connectivity index (χ1) is 13.9. The van der Waals surface area contributed by atoms with E-state index in [1.54, 1.807) is 24.3 Å². The van der Waals surface area contributed by atoms with Gasteiger partial charge in [-0.05, 0) is 40.8 Å². The van der Waals surface area contributed by atoms with Crippen LogP contribution in [-0.4, -0.2) is 59.1 Å². The third kappa shape index (κ3) is 4.41. The van der Waals surface area contributed by atoms with E-state index in [0.29, 0.717) is 10.5 Å². The van der Waals surface area contributed by atoms with Crippen LogP contribution in [0.4, 0.5) is 9.28 Å². The third-order valence-corrected chi connectivity index (χ3v) is 6.25. The molecule has 3 unspecified atom stereocenters. The Morgan fingerprint density at radius 3 is 3.07 bits per heavy atom. The number of hydrogen-bond donors (Lipinski definition) is 3. The molecule has 3 aliphatic heterocycles. The van der Waals surface area contributed by atoms with Crippen molar-refractivity contribution in [3.63, 3.8) is 0 Å². The van der Waals surface area contributed by atoms with Gasteiger partial charge in [-0.3, -0.25) is 10.2 Å². The van der Waals surface area contributed by atoms with Gasteiger partial charge in [0.05, 0.1) is 10.9 Å². The van der Waals surface area contributed by atoms with Crippen molar-refractivity contribution in [1.29, 1.82) is 0 Å². The van der Waals surface area contributed by atoms with E-state index < -0.39 is 16.9 Å². The summed E-state index contributed by atoms with van der Waals surface area (Å²) in [5.74, 6) is -0.276. The molecule has 1 aromatic rings. The van der Waals surface area contributed by atoms with Gasteiger partial charge >= 0.3 is 6.09 Å². The van der Waals surface area contributed by atoms with Crippen LogP contribution in [0.25, 0.3) is 6.08 Å². The van der Waals surface area contributed by atoms with Crippen LogP contribution in [-0.2, 0) is 9.53 Å². The second-order valence-corrected chi connectivity index (χ2v) is 8.28. The lowest BCUT2D eigenvalue weighted by Crippen LogP contribution is -2.52. The lowest BCUT2D eigenvalue weighted by atomic mass is 10.0. The number of rotatable bonds is 3. The van der Waals surface area contributed by atoms with Crippen LogP contribution < -0.4 is 10.9 Å². The van der Waals surface area contributed by atoms with Crippen LogP contribution in [0.2, 0.25) is 0 Å². The summed E-state index contributed by atoms with van der Waals surface area (Å²) in [6.45, 7) is 0.399. The van der Waals surface area contributed by atoms with Crippen LogP contribution >= 0.6 is 11.8 Å². The summed E-state index contributed by atoms with van der Waals surface area (Å²) in [7, 11) is 0. The highest BCUT2D eigenvalue weighted by molar-refractivity contribution is 8.18. The standard InChI is InChI=1S/C19H21FN4O4S/c20-24(19(26)27)7-8-28-15(11-24)13-4-1-3-12(9-13)10-16-17(25)22-18(29-16)14-5-2-6-21-23-14/h1,3-4,9-10,14-15,21,23H,2,5-8,11H2/p+1/b16-10-. The van der Waals surface area contributed by atoms with E-state index in [1.807, 2.05) is 6.07 Å². The van der Waals surface area contributed by atoms with Gasteiger partial charge in [-0.1, -0.05) is 30.0 Å². The SMILES string of the molecule is O=C1N=C(C2CCCNN2)S/C1=C\c1cccc(C2C[N+](F)(C(=O)O)CCO2)c1. The highest BCUT2D eigenvalue weighted by atomic mass is 32.2. The molecule has 29 heavy (non-hydrogen) atoms. The molecule has 4 rings (SSSR count). The van der Waals surface area contributed by atoms with Crippen molar-refractivity contribution in [2.24, 2.45) is 4.99 Å². The Morgan fingerprint density at radius 2 is 2.31 bits per heavy atom. The fraction of sp³-hybridized carbons (Fsp3) is 0.421. The topological polar surface area (TPSA) is 100 Å². The molecule has 0 radical (unpaired) electrons. The monoisotopic (exact) mass is 421 g/mol. The Balaban J connectivity index is 1.49. The van der Waals surface area contributed by atoms with E-state index in [1.165, 1.54) is 11.8 Å². The van der Waals surface area contributed by atoms with Crippen LogP contribution in [0.1, 0.15) is 30.1 Å². The minimum atomic E-state index is -1.57. The summed E-state index contributed by atoms with van der Waals surface area (Å²) in [5, 5.41) is 9.89. The van der Waals surface area contributed by atoms with Gasteiger partial charge in [-0.2, -0.15) is 4.79 Å². The predicted octanol–water partition coefficient (Wildman–Crippen LogP) is 2.41. The van der Waals surface area contributed by atoms with Crippen molar-refractivity contribution in [3.05, 3.63) is 40.3 Å². The van der Waals surface area contributed by atoms with Gasteiger partial charge in [0.25, 0.3) is 5.91 Å². The number of carboxylic acid groups (broad SMARTS) is 1. The second kappa shape index (κ2) is 8.33. The first kappa shape index (κ1) is 20.2. The number of quaternary nitrogens is 1. The zero-order valence-electron chi connectivity index (χ0n) is 15.6. The predicted molar refractivity (Wildman–Crippen MR) is 106 cm³/mol. The molecular formula is C19H22FN4O4S+. The molecule has 0 spiro atoms. The second-order valence-electron chi connectivity index (χ2n) is 7.21. The molecule has 3 aliphatic rings. The number of hydrazine groups is 1. The summed E-state index contributed by atoms with van der Waals surface area (Å²) in [6, 6.07) is 7.21. The number of benzene rings is 1. The number of hydrogen-bond acceptors (Lipinski definition) is 6. The molecule has 0 aromatic heterocycles. The molecule has 154 valence electrons. The Hall–Kier alpha value is -2.11. The van der Waals surface area contributed by atoms with Gasteiger partial charge in [0, 0.05) is 11.0 Å². The first-order valence-electron chi connectivity index (χ1n) is 9.47. The maximum atomic E-state index is 14.5. The van der Waals surface area contributed by atoms with Crippen molar-refractivity contribution >= 4 is 34.9 Å². The number of thioether (sulfide) groups is 1. The average Bonchev–Trinajstić information content (AvgIpc) is 3.09. The van der Waals surface area contributed by atoms with Gasteiger partial charge in [0.1, 0.15) is 17.8 Å². The van der Waals surface area contributed by atoms with Crippen LogP contribution in [0.3, 0.4) is 0 Å². The smallest absolute Gasteiger partial charge is 0.433 e. The normalized spacial score (nSPS) is 31.7. The molecular weight excluding hydrogens is 399 g/mol. The lowest BCUT2D eigenvalue weighted by molar-refractivity contribution is -1.00. The van der Waals surface area contributed by atoms with Crippen LogP contribution in [0.5, 0.6) is 0 Å². The number of amides is 2. The summed E-state index contributed by atoms with van der Waals surface area (Å²) >= 11 is 1.35. The highest BCUT2D eigenvalue weighted by Crippen LogP contribution is 2.33. The number of halogens is 1. The maximum absolute atomic E-state index is 14.5. The van der Waals surface area contributed by atoms with Crippen LogP contribution in [0.15, 0.2) is 34.2 Å². The fourth-order valence-electron chi connectivity index (χ4n) is 3.54. The van der Waals surface area contributed by atoms with Crippen molar-refractivity contribution < 1.29 is 28.6 Å². The van der Waals surface area contributed by atoms with E-state index >= 15 is 0 Å². The van der Waals surface area contributed by atoms with Gasteiger partial charge in [-0.25, -0.2) is 10.4 Å². The molecule has 3 atom stereocenters. The molecule has 2 fully saturated rings. The molecule has 3 heterocycles. The minimum absolute atomic E-state index is 0.0206. The van der Waals surface area contributed by atoms with Crippen molar-refractivity contribution in [3.8, 4) is 0 Å². The van der Waals surface area contributed by atoms with Gasteiger partial charge in [0.15, 0.2) is 13.1 Å². The third-order valence-electron chi connectivity index (χ3n) is 5.15. The molecule has 8 nitrogen and oxygen atoms in total. The van der Waals surface area contributed by atoms with Crippen molar-refractivity contribution in [2.75, 3.05) is 26.2 Å². The molecule has 1 aromatic carbocycles. The number of morpholine rings is 1. The van der Waals surface area contributed by atoms with E-state index in [2.05, 4.69) is 15.8 Å². The highest BCUT2D eigenvalue weighted by Gasteiger charge is 2.45. The van der Waals surface area contributed by atoms with Gasteiger partial charge in [-0.15, -0.1) is 0 Å². The molecule has 0 aliphatic carbocycles. The zero-order chi connectivity index (χ0) is 20.4. The lowest BCUT2D eigenvalue weighted by Gasteiger charge is -2.30. The number of carbonyl (C=O) groups excluding carboxylic acids is 1. The summed E-state index contributed by atoms with van der Waals surface area (Å²) in [4.78, 5) is 28.2. The zero-order valence-corrected chi connectivity index (χ0v) is 16.5. The summed E-state index contributed by atoms with van der Waals surface area (Å²) < 4.78 is 18.5. The van der Waals surface area contributed by atoms with E-state index in [4.69, 9.17) is 9.84 Å². The quantitative estimate of drug-likeness (QED) is 0.509. The first-order valence-corrected chi connectivity index (χ1v) is 10.3. The van der Waals surface area contributed by atoms with E-state index in [-0.39, 0.29) is 31.6 Å². The Morgan fingerprint density at radius 1 is 1.45 bits per heavy atom. The van der Waals surface area contributed by atoms with Gasteiger partial charge < -0.3 is 9.84 Å². The maximum Gasteiger partial charge on any atom is 0.553 e. The van der Waals surface area contributed by atoms with E-state index in [0.717, 1.165) is 30.0 Å². The number of carbonyl (C=O) groups is 2. The van der Waals surface area contributed by atoms with Crippen molar-refractivity contribution in [2.45, 2.75) is 25.0 Å². The Kier molecular flexibility index (Phi) is 5.79. The molecule has 10 heteroatoms. The fourth-order valence-corrected chi connectivity index (χ4v) is 4.55. The molecule has 2 amide bonds. The van der Waals surface area contributed by atoms with E-state index in [9.17, 15) is 14.1 Å². The largest absolute Gasteiger partial charge is 0.553 e. The summed E-state index contributed by atoms with van der Waals surface area (Å²) in [5.41, 5.74) is 7.67. The summed E-state index contributed by atoms with van der Waals surface area (Å²) in [6.07, 6.45) is 1.50. The Labute approximate surface area is 171 Å². The molecule has 0 saturated carbocycles. The minimum Gasteiger partial charge on any atom is -0.433 e.